The summed E-state index contributed by atoms with van der Waals surface area (Å²) in [5.41, 5.74) is 0. The molecule has 0 radical (unpaired) electrons. The molecule has 0 aromatic rings. The molecule has 0 fully saturated rings. The third-order valence-corrected chi connectivity index (χ3v) is 9.68. The fourth-order valence-electron chi connectivity index (χ4n) is 6.68. The molecular weight excluding hydrogens is 558 g/mol. The monoisotopic (exact) mass is 640 g/mol. The molecule has 45 heavy (non-hydrogen) atoms. The molecule has 0 saturated carbocycles. The Bertz CT molecular complexity index is 577. The Kier molecular flexibility index (Phi) is 35.7. The van der Waals surface area contributed by atoms with Gasteiger partial charge in [0.05, 0.1) is 6.61 Å². The van der Waals surface area contributed by atoms with Gasteiger partial charge in [0.25, 0.3) is 0 Å². The number of carbonyl (C=O) groups is 1. The summed E-state index contributed by atoms with van der Waals surface area (Å²) in [6.45, 7) is 10.8. The van der Waals surface area contributed by atoms with Crippen LogP contribution in [-0.4, -0.2) is 60.5 Å². The minimum absolute atomic E-state index is 0.0175. The third-order valence-electron chi connectivity index (χ3n) is 9.68. The van der Waals surface area contributed by atoms with Gasteiger partial charge in [0.1, 0.15) is 0 Å². The van der Waals surface area contributed by atoms with Crippen LogP contribution in [0.3, 0.4) is 0 Å². The summed E-state index contributed by atoms with van der Waals surface area (Å²) in [7, 11) is 0. The number of carbonyl (C=O) groups excluding carboxylic acids is 1. The van der Waals surface area contributed by atoms with E-state index in [1.54, 1.807) is 0 Å². The summed E-state index contributed by atoms with van der Waals surface area (Å²) in [6.07, 6.45) is 34.2. The molecule has 0 rings (SSSR count). The van der Waals surface area contributed by atoms with Gasteiger partial charge in [0.15, 0.2) is 0 Å². The van der Waals surface area contributed by atoms with Crippen molar-refractivity contribution in [2.45, 2.75) is 201 Å². The number of nitrogens with zero attached hydrogens (tertiary/aromatic N) is 1. The van der Waals surface area contributed by atoms with Crippen molar-refractivity contribution in [3.63, 3.8) is 0 Å². The van der Waals surface area contributed by atoms with Gasteiger partial charge < -0.3 is 19.8 Å². The number of aliphatic hydroxyl groups is 2. The first-order valence-corrected chi connectivity index (χ1v) is 20.2. The highest BCUT2D eigenvalue weighted by molar-refractivity contribution is 5.69. The molecule has 0 aliphatic rings. The maximum absolute atomic E-state index is 12.2. The van der Waals surface area contributed by atoms with Gasteiger partial charge in [-0.1, -0.05) is 156 Å². The van der Waals surface area contributed by atoms with E-state index in [-0.39, 0.29) is 19.2 Å². The molecule has 1 unspecified atom stereocenters. The van der Waals surface area contributed by atoms with Gasteiger partial charge in [-0.15, -0.1) is 0 Å². The second-order valence-electron chi connectivity index (χ2n) is 14.1. The molecule has 0 aliphatic carbocycles. The van der Waals surface area contributed by atoms with Crippen LogP contribution in [0, 0.1) is 11.8 Å². The van der Waals surface area contributed by atoms with Crippen molar-refractivity contribution in [2.75, 3.05) is 39.5 Å². The largest absolute Gasteiger partial charge is 0.466 e. The SMILES string of the molecule is CCCCCCCCCCCCC(CO)CN(CCCO)CCCCCCCC(=O)OCCCC(CCCCC)CCCCC. The zero-order valence-electron chi connectivity index (χ0n) is 30.9. The molecule has 0 aromatic heterocycles. The smallest absolute Gasteiger partial charge is 0.305 e. The topological polar surface area (TPSA) is 70.0 Å². The average Bonchev–Trinajstić information content (AvgIpc) is 3.04. The van der Waals surface area contributed by atoms with Gasteiger partial charge in [-0.3, -0.25) is 4.79 Å². The number of unbranched alkanes of at least 4 members (excludes halogenated alkanes) is 17. The predicted molar refractivity (Wildman–Crippen MR) is 195 cm³/mol. The zero-order valence-corrected chi connectivity index (χ0v) is 30.9. The van der Waals surface area contributed by atoms with Crippen molar-refractivity contribution in [3.05, 3.63) is 0 Å². The van der Waals surface area contributed by atoms with E-state index in [1.165, 1.54) is 128 Å². The standard InChI is InChI=1S/C40H81NO4/c1-4-7-10-11-12-13-14-15-17-22-29-39(37-43)36-41(33-26-34-42)32-24-19-16-18-23-31-40(44)45-35-25-30-38(27-20-8-5-2)28-21-9-6-3/h38-39,42-43H,4-37H2,1-3H3. The van der Waals surface area contributed by atoms with Crippen LogP contribution in [0.2, 0.25) is 0 Å². The van der Waals surface area contributed by atoms with Crippen molar-refractivity contribution in [2.24, 2.45) is 11.8 Å². The van der Waals surface area contributed by atoms with E-state index in [0.717, 1.165) is 70.5 Å². The maximum atomic E-state index is 12.2. The molecular formula is C40H81NO4. The second-order valence-corrected chi connectivity index (χ2v) is 14.1. The molecule has 0 bridgehead atoms. The van der Waals surface area contributed by atoms with Gasteiger partial charge in [0.2, 0.25) is 0 Å². The van der Waals surface area contributed by atoms with Gasteiger partial charge in [-0.25, -0.2) is 0 Å². The van der Waals surface area contributed by atoms with Gasteiger partial charge in [-0.2, -0.15) is 0 Å². The van der Waals surface area contributed by atoms with Crippen LogP contribution in [0.25, 0.3) is 0 Å². The summed E-state index contributed by atoms with van der Waals surface area (Å²) in [6, 6.07) is 0. The van der Waals surface area contributed by atoms with E-state index < -0.39 is 0 Å². The fourth-order valence-corrected chi connectivity index (χ4v) is 6.68. The van der Waals surface area contributed by atoms with Crippen molar-refractivity contribution >= 4 is 5.97 Å². The average molecular weight is 640 g/mol. The van der Waals surface area contributed by atoms with E-state index in [2.05, 4.69) is 25.7 Å². The molecule has 1 atom stereocenters. The fraction of sp³-hybridized carbons (Fsp3) is 0.975. The Labute approximate surface area is 282 Å². The lowest BCUT2D eigenvalue weighted by Gasteiger charge is -2.26. The summed E-state index contributed by atoms with van der Waals surface area (Å²) in [5, 5.41) is 19.4. The highest BCUT2D eigenvalue weighted by Crippen LogP contribution is 2.22. The molecule has 0 amide bonds. The molecule has 2 N–H and O–H groups in total. The summed E-state index contributed by atoms with van der Waals surface area (Å²) >= 11 is 0. The lowest BCUT2D eigenvalue weighted by molar-refractivity contribution is -0.144. The van der Waals surface area contributed by atoms with E-state index in [1.807, 2.05) is 0 Å². The third kappa shape index (κ3) is 31.7. The molecule has 0 saturated heterocycles. The van der Waals surface area contributed by atoms with Crippen molar-refractivity contribution in [1.82, 2.24) is 4.90 Å². The minimum atomic E-state index is -0.0175. The highest BCUT2D eigenvalue weighted by atomic mass is 16.5. The van der Waals surface area contributed by atoms with Crippen molar-refractivity contribution in [3.8, 4) is 0 Å². The Morgan fingerprint density at radius 2 is 0.978 bits per heavy atom. The number of ether oxygens (including phenoxy) is 1. The number of esters is 1. The van der Waals surface area contributed by atoms with Crippen LogP contribution in [0.4, 0.5) is 0 Å². The van der Waals surface area contributed by atoms with Crippen molar-refractivity contribution < 1.29 is 19.7 Å². The molecule has 5 heteroatoms. The molecule has 0 spiro atoms. The van der Waals surface area contributed by atoms with Gasteiger partial charge in [0, 0.05) is 32.7 Å². The summed E-state index contributed by atoms with van der Waals surface area (Å²) in [4.78, 5) is 14.7. The maximum Gasteiger partial charge on any atom is 0.305 e. The number of rotatable bonds is 37. The van der Waals surface area contributed by atoms with Crippen LogP contribution < -0.4 is 0 Å². The Morgan fingerprint density at radius 3 is 1.56 bits per heavy atom. The Morgan fingerprint density at radius 1 is 0.533 bits per heavy atom. The zero-order chi connectivity index (χ0) is 33.1. The van der Waals surface area contributed by atoms with E-state index in [4.69, 9.17) is 4.74 Å². The van der Waals surface area contributed by atoms with Crippen LogP contribution in [0.1, 0.15) is 201 Å². The van der Waals surface area contributed by atoms with Crippen LogP contribution in [0.5, 0.6) is 0 Å². The molecule has 270 valence electrons. The van der Waals surface area contributed by atoms with Gasteiger partial charge in [-0.05, 0) is 56.9 Å². The summed E-state index contributed by atoms with van der Waals surface area (Å²) < 4.78 is 5.57. The summed E-state index contributed by atoms with van der Waals surface area (Å²) in [5.74, 6) is 1.13. The quantitative estimate of drug-likeness (QED) is 0.0523. The molecule has 0 aromatic carbocycles. The lowest BCUT2D eigenvalue weighted by Crippen LogP contribution is -2.33. The number of hydrogen-bond donors (Lipinski definition) is 2. The second kappa shape index (κ2) is 36.2. The molecule has 0 heterocycles. The van der Waals surface area contributed by atoms with Crippen LogP contribution in [-0.2, 0) is 9.53 Å². The first-order chi connectivity index (χ1) is 22.1. The molecule has 0 aliphatic heterocycles. The lowest BCUT2D eigenvalue weighted by atomic mass is 9.91. The first kappa shape index (κ1) is 44.4. The number of aliphatic hydroxyl groups excluding tert-OH is 2. The van der Waals surface area contributed by atoms with E-state index in [9.17, 15) is 15.0 Å². The van der Waals surface area contributed by atoms with E-state index in [0.29, 0.717) is 18.9 Å². The predicted octanol–water partition coefficient (Wildman–Crippen LogP) is 11.0. The van der Waals surface area contributed by atoms with Crippen molar-refractivity contribution in [1.29, 1.82) is 0 Å². The Balaban J connectivity index is 3.99. The highest BCUT2D eigenvalue weighted by Gasteiger charge is 2.14. The van der Waals surface area contributed by atoms with Crippen LogP contribution in [0.15, 0.2) is 0 Å². The first-order valence-electron chi connectivity index (χ1n) is 20.2. The van der Waals surface area contributed by atoms with Gasteiger partial charge >= 0.3 is 5.97 Å². The Hall–Kier alpha value is -0.650. The molecule has 5 nitrogen and oxygen atoms in total. The minimum Gasteiger partial charge on any atom is -0.466 e. The van der Waals surface area contributed by atoms with E-state index >= 15 is 0 Å². The van der Waals surface area contributed by atoms with Crippen LogP contribution >= 0.6 is 0 Å². The normalized spacial score (nSPS) is 12.4. The number of hydrogen-bond acceptors (Lipinski definition) is 5.